The Morgan fingerprint density at radius 1 is 1.50 bits per heavy atom. The summed E-state index contributed by atoms with van der Waals surface area (Å²) in [5, 5.41) is 2.68. The van der Waals surface area contributed by atoms with Crippen molar-refractivity contribution >= 4 is 6.03 Å². The number of nitrogens with one attached hydrogen (secondary N) is 1. The molecule has 1 aromatic carbocycles. The molecule has 98 valence electrons. The van der Waals surface area contributed by atoms with Gasteiger partial charge in [0.25, 0.3) is 0 Å². The number of hydrogen-bond acceptors (Lipinski definition) is 2. The number of fused-ring (bicyclic) bond motifs is 1. The van der Waals surface area contributed by atoms with Crippen molar-refractivity contribution in [1.29, 1.82) is 0 Å². The summed E-state index contributed by atoms with van der Waals surface area (Å²) in [5.41, 5.74) is 2.46. The third kappa shape index (κ3) is 2.15. The molecule has 1 aliphatic rings. The van der Waals surface area contributed by atoms with Gasteiger partial charge in [0.05, 0.1) is 13.2 Å². The fraction of sp³-hybridized carbons (Fsp3) is 0.500. The first-order valence-electron chi connectivity index (χ1n) is 6.29. The van der Waals surface area contributed by atoms with Crippen LogP contribution >= 0.6 is 0 Å². The first-order valence-corrected chi connectivity index (χ1v) is 6.29. The number of hydrogen-bond donors (Lipinski definition) is 1. The predicted octanol–water partition coefficient (Wildman–Crippen LogP) is 2.34. The molecule has 1 N–H and O–H groups in total. The average molecular weight is 248 g/mol. The third-order valence-electron chi connectivity index (χ3n) is 3.65. The molecule has 0 spiro atoms. The molecular weight excluding hydrogens is 228 g/mol. The lowest BCUT2D eigenvalue weighted by Crippen LogP contribution is -2.39. The molecule has 0 aliphatic heterocycles. The van der Waals surface area contributed by atoms with E-state index in [9.17, 15) is 4.79 Å². The lowest BCUT2D eigenvalue weighted by Gasteiger charge is -2.33. The molecule has 1 aromatic rings. The summed E-state index contributed by atoms with van der Waals surface area (Å²) in [6.45, 7) is 0. The molecule has 4 nitrogen and oxygen atoms in total. The van der Waals surface area contributed by atoms with Gasteiger partial charge < -0.3 is 15.0 Å². The standard InChI is InChI=1S/C14H20N2O2/c1-15-14(17)16(2)12-8-4-7-11-10(12)6-5-9-13(11)18-3/h5-6,9,12H,4,7-8H2,1-3H3,(H,15,17)/t12-/m1/s1. The van der Waals surface area contributed by atoms with E-state index in [-0.39, 0.29) is 12.1 Å². The molecule has 2 rings (SSSR count). The van der Waals surface area contributed by atoms with Gasteiger partial charge in [-0.3, -0.25) is 0 Å². The summed E-state index contributed by atoms with van der Waals surface area (Å²) in [6.07, 6.45) is 3.11. The van der Waals surface area contributed by atoms with E-state index in [4.69, 9.17) is 4.74 Å². The highest BCUT2D eigenvalue weighted by molar-refractivity contribution is 5.74. The number of carbonyl (C=O) groups excluding carboxylic acids is 1. The summed E-state index contributed by atoms with van der Waals surface area (Å²) < 4.78 is 5.41. The van der Waals surface area contributed by atoms with Crippen LogP contribution in [0.25, 0.3) is 0 Å². The molecule has 0 bridgehead atoms. The summed E-state index contributed by atoms with van der Waals surface area (Å²) >= 11 is 0. The van der Waals surface area contributed by atoms with Crippen LogP contribution < -0.4 is 10.1 Å². The Morgan fingerprint density at radius 3 is 2.94 bits per heavy atom. The van der Waals surface area contributed by atoms with Crippen LogP contribution in [0, 0.1) is 0 Å². The zero-order valence-electron chi connectivity index (χ0n) is 11.2. The highest BCUT2D eigenvalue weighted by atomic mass is 16.5. The number of methoxy groups -OCH3 is 1. The number of carbonyl (C=O) groups is 1. The van der Waals surface area contributed by atoms with Gasteiger partial charge in [-0.2, -0.15) is 0 Å². The first-order chi connectivity index (χ1) is 8.69. The molecule has 0 saturated heterocycles. The second-order valence-corrected chi connectivity index (χ2v) is 4.60. The van der Waals surface area contributed by atoms with Crippen LogP contribution in [0.2, 0.25) is 0 Å². The molecule has 4 heteroatoms. The molecule has 0 fully saturated rings. The average Bonchev–Trinajstić information content (AvgIpc) is 2.44. The zero-order valence-corrected chi connectivity index (χ0v) is 11.2. The monoisotopic (exact) mass is 248 g/mol. The van der Waals surface area contributed by atoms with Crippen molar-refractivity contribution in [3.8, 4) is 5.75 Å². The number of rotatable bonds is 2. The van der Waals surface area contributed by atoms with E-state index in [0.29, 0.717) is 0 Å². The van der Waals surface area contributed by atoms with Crippen molar-refractivity contribution in [2.75, 3.05) is 21.2 Å². The van der Waals surface area contributed by atoms with Gasteiger partial charge >= 0.3 is 6.03 Å². The van der Waals surface area contributed by atoms with Crippen molar-refractivity contribution in [2.24, 2.45) is 0 Å². The van der Waals surface area contributed by atoms with E-state index in [0.717, 1.165) is 25.0 Å². The Labute approximate surface area is 108 Å². The number of ether oxygens (including phenoxy) is 1. The van der Waals surface area contributed by atoms with E-state index < -0.39 is 0 Å². The van der Waals surface area contributed by atoms with Crippen LogP contribution in [0.4, 0.5) is 4.79 Å². The van der Waals surface area contributed by atoms with Crippen LogP contribution in [0.5, 0.6) is 5.75 Å². The number of urea groups is 1. The maximum absolute atomic E-state index is 11.8. The minimum absolute atomic E-state index is 0.0457. The Kier molecular flexibility index (Phi) is 3.75. The number of benzene rings is 1. The second kappa shape index (κ2) is 5.29. The molecule has 1 aliphatic carbocycles. The number of nitrogens with zero attached hydrogens (tertiary/aromatic N) is 1. The molecule has 0 radical (unpaired) electrons. The third-order valence-corrected chi connectivity index (χ3v) is 3.65. The zero-order chi connectivity index (χ0) is 13.1. The van der Waals surface area contributed by atoms with Crippen molar-refractivity contribution in [3.05, 3.63) is 29.3 Å². The van der Waals surface area contributed by atoms with Gasteiger partial charge in [0, 0.05) is 14.1 Å². The van der Waals surface area contributed by atoms with Gasteiger partial charge in [0.15, 0.2) is 0 Å². The van der Waals surface area contributed by atoms with E-state index in [1.165, 1.54) is 11.1 Å². The Bertz CT molecular complexity index is 445. The molecular formula is C14H20N2O2. The summed E-state index contributed by atoms with van der Waals surface area (Å²) in [5.74, 6) is 0.933. The van der Waals surface area contributed by atoms with Crippen LogP contribution in [-0.4, -0.2) is 32.1 Å². The normalized spacial score (nSPS) is 17.8. The van der Waals surface area contributed by atoms with Gasteiger partial charge in [0.2, 0.25) is 0 Å². The lowest BCUT2D eigenvalue weighted by molar-refractivity contribution is 0.186. The summed E-state index contributed by atoms with van der Waals surface area (Å²) in [7, 11) is 5.20. The Morgan fingerprint density at radius 2 is 2.28 bits per heavy atom. The maximum atomic E-state index is 11.8. The van der Waals surface area contributed by atoms with Crippen molar-refractivity contribution in [2.45, 2.75) is 25.3 Å². The molecule has 0 unspecified atom stereocenters. The van der Waals surface area contributed by atoms with E-state index in [2.05, 4.69) is 11.4 Å². The Hall–Kier alpha value is -1.71. The van der Waals surface area contributed by atoms with Crippen molar-refractivity contribution in [1.82, 2.24) is 10.2 Å². The molecule has 0 aromatic heterocycles. The Balaban J connectivity index is 2.36. The SMILES string of the molecule is CNC(=O)N(C)[C@@H]1CCCc2c(OC)cccc21. The topological polar surface area (TPSA) is 41.6 Å². The molecule has 18 heavy (non-hydrogen) atoms. The van der Waals surface area contributed by atoms with Crippen LogP contribution in [0.3, 0.4) is 0 Å². The van der Waals surface area contributed by atoms with Gasteiger partial charge in [-0.15, -0.1) is 0 Å². The summed E-state index contributed by atoms with van der Waals surface area (Å²) in [4.78, 5) is 13.5. The van der Waals surface area contributed by atoms with Crippen LogP contribution in [0.1, 0.15) is 30.0 Å². The smallest absolute Gasteiger partial charge is 0.317 e. The quantitative estimate of drug-likeness (QED) is 0.873. The molecule has 0 saturated carbocycles. The van der Waals surface area contributed by atoms with Crippen molar-refractivity contribution in [3.63, 3.8) is 0 Å². The highest BCUT2D eigenvalue weighted by Crippen LogP contribution is 2.37. The van der Waals surface area contributed by atoms with Gasteiger partial charge in [0.1, 0.15) is 5.75 Å². The largest absolute Gasteiger partial charge is 0.496 e. The van der Waals surface area contributed by atoms with Crippen LogP contribution in [0.15, 0.2) is 18.2 Å². The highest BCUT2D eigenvalue weighted by Gasteiger charge is 2.27. The van der Waals surface area contributed by atoms with Crippen LogP contribution in [-0.2, 0) is 6.42 Å². The number of amides is 2. The summed E-state index contributed by atoms with van der Waals surface area (Å²) in [6, 6.07) is 6.18. The molecule has 1 atom stereocenters. The van der Waals surface area contributed by atoms with Gasteiger partial charge in [-0.05, 0) is 36.5 Å². The van der Waals surface area contributed by atoms with E-state index >= 15 is 0 Å². The van der Waals surface area contributed by atoms with E-state index in [1.807, 2.05) is 19.2 Å². The second-order valence-electron chi connectivity index (χ2n) is 4.60. The first kappa shape index (κ1) is 12.7. The predicted molar refractivity (Wildman–Crippen MR) is 70.9 cm³/mol. The minimum Gasteiger partial charge on any atom is -0.496 e. The van der Waals surface area contributed by atoms with E-state index in [1.54, 1.807) is 19.1 Å². The lowest BCUT2D eigenvalue weighted by atomic mass is 9.86. The van der Waals surface area contributed by atoms with Gasteiger partial charge in [-0.1, -0.05) is 12.1 Å². The fourth-order valence-corrected chi connectivity index (χ4v) is 2.70. The fourth-order valence-electron chi connectivity index (χ4n) is 2.70. The molecule has 0 heterocycles. The molecule has 2 amide bonds. The van der Waals surface area contributed by atoms with Crippen molar-refractivity contribution < 1.29 is 9.53 Å². The van der Waals surface area contributed by atoms with Gasteiger partial charge in [-0.25, -0.2) is 4.79 Å². The maximum Gasteiger partial charge on any atom is 0.317 e. The minimum atomic E-state index is -0.0457.